The second kappa shape index (κ2) is 7.11. The van der Waals surface area contributed by atoms with E-state index in [1.54, 1.807) is 39.0 Å². The molecule has 0 aliphatic heterocycles. The Kier molecular flexibility index (Phi) is 6.00. The fourth-order valence-electron chi connectivity index (χ4n) is 1.64. The Morgan fingerprint density at radius 1 is 1.43 bits per heavy atom. The first-order valence-corrected chi connectivity index (χ1v) is 7.27. The Balaban J connectivity index is 2.59. The van der Waals surface area contributed by atoms with Crippen molar-refractivity contribution in [2.24, 2.45) is 0 Å². The third-order valence-corrected chi connectivity index (χ3v) is 3.08. The zero-order valence-corrected chi connectivity index (χ0v) is 13.8. The molecule has 0 aromatic heterocycles. The highest BCUT2D eigenvalue weighted by Crippen LogP contribution is 2.26. The molecule has 0 saturated heterocycles. The van der Waals surface area contributed by atoms with Crippen molar-refractivity contribution < 1.29 is 19.7 Å². The molecule has 21 heavy (non-hydrogen) atoms. The molecule has 0 saturated carbocycles. The van der Waals surface area contributed by atoms with Crippen LogP contribution < -0.4 is 11.1 Å². The van der Waals surface area contributed by atoms with Crippen molar-refractivity contribution >= 4 is 27.7 Å². The van der Waals surface area contributed by atoms with Crippen molar-refractivity contribution in [3.05, 3.63) is 28.2 Å². The summed E-state index contributed by atoms with van der Waals surface area (Å²) in [6.45, 7) is 5.06. The number of anilines is 1. The fourth-order valence-corrected chi connectivity index (χ4v) is 2.01. The Bertz CT molecular complexity index is 502. The van der Waals surface area contributed by atoms with E-state index in [0.717, 1.165) is 4.47 Å². The molecule has 0 aliphatic rings. The summed E-state index contributed by atoms with van der Waals surface area (Å²) in [5, 5.41) is 22.4. The van der Waals surface area contributed by atoms with E-state index in [4.69, 9.17) is 10.5 Å². The Morgan fingerprint density at radius 2 is 2.05 bits per heavy atom. The third kappa shape index (κ3) is 5.91. The van der Waals surface area contributed by atoms with E-state index < -0.39 is 23.9 Å². The van der Waals surface area contributed by atoms with Gasteiger partial charge in [0.15, 0.2) is 0 Å². The fraction of sp³-hybridized carbons (Fsp3) is 0.500. The van der Waals surface area contributed by atoms with Gasteiger partial charge >= 0.3 is 6.09 Å². The van der Waals surface area contributed by atoms with Gasteiger partial charge in [-0.25, -0.2) is 4.79 Å². The zero-order valence-electron chi connectivity index (χ0n) is 12.3. The normalized spacial score (nSPS) is 14.4. The maximum Gasteiger partial charge on any atom is 0.407 e. The lowest BCUT2D eigenvalue weighted by atomic mass is 10.0. The van der Waals surface area contributed by atoms with E-state index in [0.29, 0.717) is 11.3 Å². The Labute approximate surface area is 132 Å². The molecule has 1 rings (SSSR count). The molecular weight excluding hydrogens is 340 g/mol. The van der Waals surface area contributed by atoms with Crippen molar-refractivity contribution in [1.82, 2.24) is 5.32 Å². The largest absolute Gasteiger partial charge is 0.444 e. The molecule has 0 heterocycles. The maximum absolute atomic E-state index is 11.5. The number of amides is 1. The molecule has 2 atom stereocenters. The number of aliphatic hydroxyl groups excluding tert-OH is 2. The van der Waals surface area contributed by atoms with E-state index in [-0.39, 0.29) is 6.54 Å². The van der Waals surface area contributed by atoms with Crippen LogP contribution in [-0.4, -0.2) is 34.6 Å². The van der Waals surface area contributed by atoms with Crippen LogP contribution >= 0.6 is 15.9 Å². The number of nitrogens with one attached hydrogen (secondary N) is 1. The highest BCUT2D eigenvalue weighted by atomic mass is 79.9. The van der Waals surface area contributed by atoms with Gasteiger partial charge in [0, 0.05) is 22.3 Å². The topological polar surface area (TPSA) is 105 Å². The number of carbonyl (C=O) groups excluding carboxylic acids is 1. The van der Waals surface area contributed by atoms with Crippen LogP contribution in [-0.2, 0) is 4.74 Å². The molecule has 7 heteroatoms. The van der Waals surface area contributed by atoms with Gasteiger partial charge in [0.25, 0.3) is 0 Å². The summed E-state index contributed by atoms with van der Waals surface area (Å²) in [7, 11) is 0. The van der Waals surface area contributed by atoms with Crippen LogP contribution in [0, 0.1) is 0 Å². The van der Waals surface area contributed by atoms with Gasteiger partial charge in [0.05, 0.1) is 0 Å². The smallest absolute Gasteiger partial charge is 0.407 e. The molecule has 5 N–H and O–H groups in total. The van der Waals surface area contributed by atoms with E-state index in [1.165, 1.54) is 0 Å². The van der Waals surface area contributed by atoms with Crippen molar-refractivity contribution in [3.8, 4) is 0 Å². The minimum atomic E-state index is -1.20. The molecule has 6 nitrogen and oxygen atoms in total. The number of carbonyl (C=O) groups is 1. The van der Waals surface area contributed by atoms with Gasteiger partial charge in [-0.3, -0.25) is 0 Å². The lowest BCUT2D eigenvalue weighted by molar-refractivity contribution is 0.0133. The van der Waals surface area contributed by atoms with Gasteiger partial charge in [-0.2, -0.15) is 0 Å². The summed E-state index contributed by atoms with van der Waals surface area (Å²) < 4.78 is 5.81. The molecular formula is C14H21BrN2O4. The van der Waals surface area contributed by atoms with E-state index in [9.17, 15) is 15.0 Å². The van der Waals surface area contributed by atoms with Gasteiger partial charge in [0.2, 0.25) is 0 Å². The molecule has 1 amide bonds. The molecule has 1 aromatic rings. The van der Waals surface area contributed by atoms with Gasteiger partial charge in [-0.1, -0.05) is 22.0 Å². The molecule has 0 aliphatic carbocycles. The number of ether oxygens (including phenoxy) is 1. The van der Waals surface area contributed by atoms with Gasteiger partial charge in [-0.05, 0) is 32.9 Å². The quantitative estimate of drug-likeness (QED) is 0.614. The monoisotopic (exact) mass is 360 g/mol. The lowest BCUT2D eigenvalue weighted by Gasteiger charge is -2.22. The predicted molar refractivity (Wildman–Crippen MR) is 83.8 cm³/mol. The number of aliphatic hydroxyl groups is 2. The standard InChI is InChI=1S/C14H21BrN2O4/c1-14(2,3)21-13(20)17-7-11(18)12(19)9-5-4-8(15)6-10(9)16/h4-6,11-12,18-19H,7,16H2,1-3H3,(H,17,20). The minimum absolute atomic E-state index is 0.147. The molecule has 0 spiro atoms. The van der Waals surface area contributed by atoms with Crippen molar-refractivity contribution in [2.45, 2.75) is 38.6 Å². The van der Waals surface area contributed by atoms with E-state index in [2.05, 4.69) is 21.2 Å². The third-order valence-electron chi connectivity index (χ3n) is 2.59. The first-order chi connectivity index (χ1) is 9.60. The van der Waals surface area contributed by atoms with Crippen LogP contribution in [0.2, 0.25) is 0 Å². The van der Waals surface area contributed by atoms with Crippen LogP contribution in [0.3, 0.4) is 0 Å². The second-order valence-corrected chi connectivity index (χ2v) is 6.58. The SMILES string of the molecule is CC(C)(C)OC(=O)NCC(O)C(O)c1ccc(Br)cc1N. The van der Waals surface area contributed by atoms with Crippen LogP contribution in [0.25, 0.3) is 0 Å². The highest BCUT2D eigenvalue weighted by molar-refractivity contribution is 9.10. The molecule has 118 valence electrons. The number of nitrogen functional groups attached to an aromatic ring is 1. The molecule has 0 radical (unpaired) electrons. The highest BCUT2D eigenvalue weighted by Gasteiger charge is 2.22. The predicted octanol–water partition coefficient (Wildman–Crippen LogP) is 1.95. The van der Waals surface area contributed by atoms with Gasteiger partial charge in [-0.15, -0.1) is 0 Å². The zero-order chi connectivity index (χ0) is 16.2. The van der Waals surface area contributed by atoms with Crippen LogP contribution in [0.1, 0.15) is 32.4 Å². The van der Waals surface area contributed by atoms with Crippen LogP contribution in [0.4, 0.5) is 10.5 Å². The van der Waals surface area contributed by atoms with Crippen molar-refractivity contribution in [1.29, 1.82) is 0 Å². The first-order valence-electron chi connectivity index (χ1n) is 6.48. The number of nitrogens with two attached hydrogens (primary N) is 1. The summed E-state index contributed by atoms with van der Waals surface area (Å²) in [5.74, 6) is 0. The van der Waals surface area contributed by atoms with E-state index in [1.807, 2.05) is 0 Å². The summed E-state index contributed by atoms with van der Waals surface area (Å²) in [6.07, 6.45) is -3.05. The van der Waals surface area contributed by atoms with Crippen LogP contribution in [0.15, 0.2) is 22.7 Å². The van der Waals surface area contributed by atoms with Gasteiger partial charge in [0.1, 0.15) is 17.8 Å². The van der Waals surface area contributed by atoms with Crippen LogP contribution in [0.5, 0.6) is 0 Å². The minimum Gasteiger partial charge on any atom is -0.444 e. The molecule has 1 aromatic carbocycles. The maximum atomic E-state index is 11.5. The Morgan fingerprint density at radius 3 is 2.57 bits per heavy atom. The number of alkyl carbamates (subject to hydrolysis) is 1. The number of hydrogen-bond donors (Lipinski definition) is 4. The Hall–Kier alpha value is -1.31. The van der Waals surface area contributed by atoms with E-state index >= 15 is 0 Å². The molecule has 0 fully saturated rings. The first kappa shape index (κ1) is 17.7. The van der Waals surface area contributed by atoms with Gasteiger partial charge < -0.3 is 26.0 Å². The average molecular weight is 361 g/mol. The number of hydrogen-bond acceptors (Lipinski definition) is 5. The lowest BCUT2D eigenvalue weighted by Crippen LogP contribution is -2.39. The number of halogens is 1. The average Bonchev–Trinajstić information content (AvgIpc) is 2.33. The summed E-state index contributed by atoms with van der Waals surface area (Å²) in [4.78, 5) is 11.5. The number of rotatable bonds is 4. The second-order valence-electron chi connectivity index (χ2n) is 5.67. The summed E-state index contributed by atoms with van der Waals surface area (Å²) >= 11 is 3.26. The van der Waals surface area contributed by atoms with Crippen molar-refractivity contribution in [2.75, 3.05) is 12.3 Å². The molecule has 2 unspecified atom stereocenters. The summed E-state index contributed by atoms with van der Waals surface area (Å²) in [5.41, 5.74) is 5.92. The molecule has 0 bridgehead atoms. The van der Waals surface area contributed by atoms with Crippen molar-refractivity contribution in [3.63, 3.8) is 0 Å². The summed E-state index contributed by atoms with van der Waals surface area (Å²) in [6, 6.07) is 4.95. The number of benzene rings is 1.